The van der Waals surface area contributed by atoms with Crippen LogP contribution in [0.4, 0.5) is 0 Å². The molecule has 438 valence electrons. The zero-order valence-corrected chi connectivity index (χ0v) is 44.1. The van der Waals surface area contributed by atoms with Crippen LogP contribution in [0, 0.1) is 0 Å². The second-order valence-corrected chi connectivity index (χ2v) is 16.9. The Hall–Kier alpha value is -2.26. The molecule has 0 amide bonds. The third-order valence-corrected chi connectivity index (χ3v) is 9.56. The summed E-state index contributed by atoms with van der Waals surface area (Å²) in [6, 6.07) is 0. The van der Waals surface area contributed by atoms with E-state index in [1.807, 2.05) is 0 Å². The molecule has 0 bridgehead atoms. The van der Waals surface area contributed by atoms with Gasteiger partial charge in [-0.25, -0.2) is 0 Å². The molecule has 0 saturated heterocycles. The highest BCUT2D eigenvalue weighted by atomic mass is 16.4. The number of carboxylic acid groups (broad SMARTS) is 2. The summed E-state index contributed by atoms with van der Waals surface area (Å²) in [5.74, 6) is -1.38. The van der Waals surface area contributed by atoms with Gasteiger partial charge < -0.3 is 97.0 Å². The lowest BCUT2D eigenvalue weighted by Crippen LogP contribution is -2.15. The largest absolute Gasteiger partial charge is 0.481 e. The SMILES string of the molecule is CCCCCC[C@@H](O)C/C=C\CCCCCCCC(=O)O.CCCCCC[C@@H](O)C/C=C\CCCCCCCC(=O)O.OCC(O)CO.OCC(O)CO.OCC(O)CO.OCC(O)CO.OCC(O)CO. The zero-order valence-electron chi connectivity index (χ0n) is 44.1. The van der Waals surface area contributed by atoms with Crippen LogP contribution in [0.25, 0.3) is 0 Å². The van der Waals surface area contributed by atoms with Crippen LogP contribution in [-0.4, -0.2) is 218 Å². The molecule has 0 radical (unpaired) electrons. The summed E-state index contributed by atoms with van der Waals surface area (Å²) in [6.45, 7) is 0.754. The molecule has 0 spiro atoms. The van der Waals surface area contributed by atoms with E-state index in [0.29, 0.717) is 12.8 Å². The Kier molecular flexibility index (Phi) is 87.5. The number of allylic oxidation sites excluding steroid dienone is 2. The van der Waals surface area contributed by atoms with Crippen molar-refractivity contribution in [2.45, 2.75) is 224 Å². The van der Waals surface area contributed by atoms with Crippen molar-refractivity contribution in [2.24, 2.45) is 0 Å². The number of aliphatic hydroxyl groups excluding tert-OH is 17. The number of aliphatic hydroxyl groups is 17. The lowest BCUT2D eigenvalue weighted by molar-refractivity contribution is -0.138. The molecule has 0 aliphatic heterocycles. The Morgan fingerprint density at radius 1 is 0.306 bits per heavy atom. The van der Waals surface area contributed by atoms with E-state index < -0.39 is 42.5 Å². The second-order valence-electron chi connectivity index (χ2n) is 16.9. The standard InChI is InChI=1S/2C18H34O3.5C3H8O3/c2*1-2-3-4-11-14-17(19)15-12-9-7-5-6-8-10-13-16-18(20)21;5*4-1-3(6)2-5/h2*9,12,17,19H,2-8,10-11,13-16H2,1H3,(H,20,21);5*3-6H,1-2H2/b2*12-9-;;;;;/t2*17-;;;;;/m11...../s1. The first kappa shape index (κ1) is 83.7. The molecular weight excluding hydrogens is 949 g/mol. The predicted octanol–water partition coefficient (Wildman–Crippen LogP) is 1.82. The van der Waals surface area contributed by atoms with Gasteiger partial charge in [-0.1, -0.05) is 128 Å². The Morgan fingerprint density at radius 2 is 0.528 bits per heavy atom. The summed E-state index contributed by atoms with van der Waals surface area (Å²) in [6.07, 6.45) is 29.9. The Morgan fingerprint density at radius 3 is 0.736 bits per heavy atom. The van der Waals surface area contributed by atoms with Crippen molar-refractivity contribution in [3.63, 3.8) is 0 Å². The molecule has 19 N–H and O–H groups in total. The number of hydrogen-bond acceptors (Lipinski definition) is 19. The highest BCUT2D eigenvalue weighted by molar-refractivity contribution is 5.66. The Bertz CT molecular complexity index is 911. The average Bonchev–Trinajstić information content (AvgIpc) is 3.39. The van der Waals surface area contributed by atoms with Crippen molar-refractivity contribution in [1.82, 2.24) is 0 Å². The number of hydrogen-bond donors (Lipinski definition) is 19. The van der Waals surface area contributed by atoms with Crippen LogP contribution >= 0.6 is 0 Å². The van der Waals surface area contributed by atoms with Gasteiger partial charge in [0.25, 0.3) is 0 Å². The second kappa shape index (κ2) is 75.3. The van der Waals surface area contributed by atoms with Gasteiger partial charge in [0.1, 0.15) is 30.5 Å². The first-order valence-electron chi connectivity index (χ1n) is 26.0. The summed E-state index contributed by atoms with van der Waals surface area (Å²) < 4.78 is 0. The van der Waals surface area contributed by atoms with Crippen LogP contribution < -0.4 is 0 Å². The summed E-state index contributed by atoms with van der Waals surface area (Å²) >= 11 is 0. The Labute approximate surface area is 431 Å². The maximum Gasteiger partial charge on any atom is 0.303 e. The quantitative estimate of drug-likeness (QED) is 0.0307. The normalized spacial score (nSPS) is 11.7. The fraction of sp³-hybridized carbons (Fsp3) is 0.882. The third kappa shape index (κ3) is 97.1. The van der Waals surface area contributed by atoms with E-state index in [2.05, 4.69) is 38.2 Å². The van der Waals surface area contributed by atoms with Crippen LogP contribution in [0.15, 0.2) is 24.3 Å². The highest BCUT2D eigenvalue weighted by Gasteiger charge is 2.03. The van der Waals surface area contributed by atoms with E-state index in [-0.39, 0.29) is 78.3 Å². The van der Waals surface area contributed by atoms with E-state index in [1.165, 1.54) is 51.4 Å². The van der Waals surface area contributed by atoms with Crippen LogP contribution in [0.1, 0.15) is 181 Å². The van der Waals surface area contributed by atoms with E-state index in [1.54, 1.807) is 0 Å². The number of carbonyl (C=O) groups is 2. The number of rotatable bonds is 40. The van der Waals surface area contributed by atoms with Gasteiger partial charge >= 0.3 is 11.9 Å². The molecular formula is C51H108O21. The monoisotopic (exact) mass is 1060 g/mol. The van der Waals surface area contributed by atoms with Gasteiger partial charge in [0.05, 0.1) is 78.3 Å². The molecule has 0 heterocycles. The molecule has 0 aromatic carbocycles. The maximum atomic E-state index is 10.3. The van der Waals surface area contributed by atoms with Gasteiger partial charge in [-0.15, -0.1) is 0 Å². The number of carboxylic acids is 2. The molecule has 0 fully saturated rings. The first-order chi connectivity index (χ1) is 34.4. The molecule has 0 aromatic heterocycles. The maximum absolute atomic E-state index is 10.3. The topological polar surface area (TPSA) is 419 Å². The van der Waals surface area contributed by atoms with Gasteiger partial charge in [0.15, 0.2) is 0 Å². The van der Waals surface area contributed by atoms with Crippen molar-refractivity contribution in [1.29, 1.82) is 0 Å². The summed E-state index contributed by atoms with van der Waals surface area (Å²) in [5.41, 5.74) is 0. The van der Waals surface area contributed by atoms with E-state index in [9.17, 15) is 19.8 Å². The highest BCUT2D eigenvalue weighted by Crippen LogP contribution is 2.12. The van der Waals surface area contributed by atoms with Crippen molar-refractivity contribution in [3.8, 4) is 0 Å². The van der Waals surface area contributed by atoms with Crippen LogP contribution in [-0.2, 0) is 9.59 Å². The third-order valence-electron chi connectivity index (χ3n) is 9.56. The van der Waals surface area contributed by atoms with Crippen molar-refractivity contribution >= 4 is 11.9 Å². The predicted molar refractivity (Wildman–Crippen MR) is 278 cm³/mol. The minimum absolute atomic E-state index is 0.172. The summed E-state index contributed by atoms with van der Waals surface area (Å²) in [5, 5.41) is 157. The molecule has 0 aliphatic carbocycles. The van der Waals surface area contributed by atoms with Gasteiger partial charge in [-0.2, -0.15) is 0 Å². The summed E-state index contributed by atoms with van der Waals surface area (Å²) in [4.78, 5) is 20.7. The Balaban J connectivity index is -0.000000151. The molecule has 0 aliphatic rings. The van der Waals surface area contributed by atoms with Gasteiger partial charge in [-0.3, -0.25) is 9.59 Å². The van der Waals surface area contributed by atoms with E-state index >= 15 is 0 Å². The fourth-order valence-electron chi connectivity index (χ4n) is 5.02. The van der Waals surface area contributed by atoms with Gasteiger partial charge in [-0.05, 0) is 64.2 Å². The number of aliphatic carboxylic acids is 2. The van der Waals surface area contributed by atoms with Crippen molar-refractivity contribution < 1.29 is 107 Å². The van der Waals surface area contributed by atoms with Crippen LogP contribution in [0.2, 0.25) is 0 Å². The molecule has 0 aromatic rings. The molecule has 0 rings (SSSR count). The van der Waals surface area contributed by atoms with Crippen LogP contribution in [0.3, 0.4) is 0 Å². The van der Waals surface area contributed by atoms with Crippen molar-refractivity contribution in [2.75, 3.05) is 66.1 Å². The van der Waals surface area contributed by atoms with Crippen molar-refractivity contribution in [3.05, 3.63) is 24.3 Å². The molecule has 2 atom stereocenters. The number of unbranched alkanes of at least 4 members (excludes halogenated alkanes) is 16. The van der Waals surface area contributed by atoms with Gasteiger partial charge in [0, 0.05) is 12.8 Å². The molecule has 0 saturated carbocycles. The lowest BCUT2D eigenvalue weighted by Gasteiger charge is -2.07. The minimum atomic E-state index is -0.954. The minimum Gasteiger partial charge on any atom is -0.481 e. The first-order valence-corrected chi connectivity index (χ1v) is 26.0. The molecule has 21 heteroatoms. The lowest BCUT2D eigenvalue weighted by atomic mass is 10.1. The van der Waals surface area contributed by atoms with E-state index in [0.717, 1.165) is 103 Å². The zero-order chi connectivity index (χ0) is 56.5. The molecule has 72 heavy (non-hydrogen) atoms. The fourth-order valence-corrected chi connectivity index (χ4v) is 5.02. The molecule has 21 nitrogen and oxygen atoms in total. The van der Waals surface area contributed by atoms with Crippen LogP contribution in [0.5, 0.6) is 0 Å². The summed E-state index contributed by atoms with van der Waals surface area (Å²) in [7, 11) is 0. The smallest absolute Gasteiger partial charge is 0.303 e. The molecule has 0 unspecified atom stereocenters. The average molecular weight is 1060 g/mol. The van der Waals surface area contributed by atoms with E-state index in [4.69, 9.17) is 86.8 Å². The van der Waals surface area contributed by atoms with Gasteiger partial charge in [0.2, 0.25) is 0 Å².